The molecule has 0 aliphatic carbocycles. The van der Waals surface area contributed by atoms with E-state index in [-0.39, 0.29) is 10.5 Å². The molecule has 0 aromatic heterocycles. The van der Waals surface area contributed by atoms with Gasteiger partial charge >= 0.3 is 0 Å². The molecule has 0 heterocycles. The molecule has 4 nitrogen and oxygen atoms in total. The molecule has 0 radical (unpaired) electrons. The van der Waals surface area contributed by atoms with Gasteiger partial charge in [0.25, 0.3) is 0 Å². The Morgan fingerprint density at radius 3 is 2.59 bits per heavy atom. The zero-order valence-electron chi connectivity index (χ0n) is 10.6. The van der Waals surface area contributed by atoms with Crippen molar-refractivity contribution in [1.29, 1.82) is 0 Å². The molecule has 1 atom stereocenters. The van der Waals surface area contributed by atoms with E-state index in [1.54, 1.807) is 25.3 Å². The Hall–Kier alpha value is -1.07. The Morgan fingerprint density at radius 1 is 1.41 bits per heavy atom. The zero-order valence-corrected chi connectivity index (χ0v) is 11.4. The molecular weight excluding hydrogens is 238 g/mol. The Bertz CT molecular complexity index is 413. The summed E-state index contributed by atoms with van der Waals surface area (Å²) in [7, 11) is 0.410. The lowest BCUT2D eigenvalue weighted by Crippen LogP contribution is -2.32. The van der Waals surface area contributed by atoms with Crippen molar-refractivity contribution in [1.82, 2.24) is 4.72 Å². The molecule has 0 aliphatic rings. The van der Waals surface area contributed by atoms with Crippen molar-refractivity contribution in [2.75, 3.05) is 7.11 Å². The summed E-state index contributed by atoms with van der Waals surface area (Å²) in [6.07, 6.45) is 0. The van der Waals surface area contributed by atoms with Gasteiger partial charge in [0.05, 0.1) is 22.8 Å². The summed E-state index contributed by atoms with van der Waals surface area (Å²) in [5.41, 5.74) is 0.668. The minimum Gasteiger partial charge on any atom is -0.508 e. The van der Waals surface area contributed by atoms with Gasteiger partial charge in [-0.25, -0.2) is 8.93 Å². The Labute approximate surface area is 105 Å². The van der Waals surface area contributed by atoms with Gasteiger partial charge < -0.3 is 9.84 Å². The first-order chi connectivity index (χ1) is 7.84. The predicted octanol–water partition coefficient (Wildman–Crippen LogP) is 1.95. The Kier molecular flexibility index (Phi) is 4.54. The number of rotatable bonds is 4. The molecule has 0 unspecified atom stereocenters. The van der Waals surface area contributed by atoms with E-state index in [1.165, 1.54) is 0 Å². The minimum absolute atomic E-state index is 0.171. The van der Waals surface area contributed by atoms with E-state index in [0.717, 1.165) is 0 Å². The second-order valence-corrected chi connectivity index (χ2v) is 6.75. The van der Waals surface area contributed by atoms with Gasteiger partial charge in [-0.3, -0.25) is 0 Å². The fraction of sp³-hybridized carbons (Fsp3) is 0.500. The number of phenols is 1. The SMILES string of the molecule is COc1ccc(O)c(CN[S@@](=O)C(C)(C)C)c1. The second-order valence-electron chi connectivity index (χ2n) is 4.70. The van der Waals surface area contributed by atoms with Gasteiger partial charge in [-0.15, -0.1) is 0 Å². The molecule has 17 heavy (non-hydrogen) atoms. The topological polar surface area (TPSA) is 58.6 Å². The number of nitrogens with one attached hydrogen (secondary N) is 1. The molecule has 0 fully saturated rings. The van der Waals surface area contributed by atoms with Crippen LogP contribution in [0.3, 0.4) is 0 Å². The standard InChI is InChI=1S/C12H19NO3S/c1-12(2,3)17(15)13-8-9-7-10(16-4)5-6-11(9)14/h5-7,13-14H,8H2,1-4H3/t17-/m0/s1. The van der Waals surface area contributed by atoms with Gasteiger partial charge in [-0.1, -0.05) is 0 Å². The highest BCUT2D eigenvalue weighted by Crippen LogP contribution is 2.23. The number of benzene rings is 1. The number of methoxy groups -OCH3 is 1. The fourth-order valence-electron chi connectivity index (χ4n) is 1.19. The van der Waals surface area contributed by atoms with Crippen molar-refractivity contribution in [3.8, 4) is 11.5 Å². The van der Waals surface area contributed by atoms with E-state index in [9.17, 15) is 9.32 Å². The average Bonchev–Trinajstić information content (AvgIpc) is 2.26. The maximum absolute atomic E-state index is 11.8. The van der Waals surface area contributed by atoms with Crippen LogP contribution in [0.4, 0.5) is 0 Å². The van der Waals surface area contributed by atoms with E-state index >= 15 is 0 Å². The van der Waals surface area contributed by atoms with Crippen molar-refractivity contribution in [2.45, 2.75) is 32.1 Å². The van der Waals surface area contributed by atoms with Crippen LogP contribution in [0.1, 0.15) is 26.3 Å². The third kappa shape index (κ3) is 4.02. The lowest BCUT2D eigenvalue weighted by molar-refractivity contribution is 0.410. The molecule has 5 heteroatoms. The summed E-state index contributed by atoms with van der Waals surface area (Å²) >= 11 is 0. The number of phenolic OH excluding ortho intramolecular Hbond substituents is 1. The summed E-state index contributed by atoms with van der Waals surface area (Å²) < 4.78 is 19.4. The largest absolute Gasteiger partial charge is 0.508 e. The van der Waals surface area contributed by atoms with Crippen LogP contribution in [0.25, 0.3) is 0 Å². The van der Waals surface area contributed by atoms with Gasteiger partial charge in [-0.05, 0) is 39.0 Å². The smallest absolute Gasteiger partial charge is 0.120 e. The molecule has 0 spiro atoms. The zero-order chi connectivity index (χ0) is 13.1. The number of hydrogen-bond donors (Lipinski definition) is 2. The first kappa shape index (κ1) is 14.0. The summed E-state index contributed by atoms with van der Waals surface area (Å²) in [5, 5.41) is 9.65. The first-order valence-corrected chi connectivity index (χ1v) is 6.51. The maximum atomic E-state index is 11.8. The van der Waals surface area contributed by atoms with Crippen LogP contribution in [-0.4, -0.2) is 21.2 Å². The summed E-state index contributed by atoms with van der Waals surface area (Å²) in [4.78, 5) is 0. The van der Waals surface area contributed by atoms with Gasteiger partial charge in [0, 0.05) is 12.1 Å². The Morgan fingerprint density at radius 2 is 2.06 bits per heavy atom. The lowest BCUT2D eigenvalue weighted by Gasteiger charge is -2.18. The highest BCUT2D eigenvalue weighted by atomic mass is 32.2. The summed E-state index contributed by atoms with van der Waals surface area (Å²) in [6.45, 7) is 6.01. The molecule has 0 saturated heterocycles. The van der Waals surface area contributed by atoms with Crippen LogP contribution in [0, 0.1) is 0 Å². The normalized spacial score (nSPS) is 13.4. The quantitative estimate of drug-likeness (QED) is 0.866. The van der Waals surface area contributed by atoms with Gasteiger partial charge in [0.1, 0.15) is 11.5 Å². The number of aromatic hydroxyl groups is 1. The summed E-state index contributed by atoms with van der Waals surface area (Å²) in [6, 6.07) is 4.97. The van der Waals surface area contributed by atoms with Gasteiger partial charge in [0.15, 0.2) is 0 Å². The van der Waals surface area contributed by atoms with Gasteiger partial charge in [0.2, 0.25) is 0 Å². The van der Waals surface area contributed by atoms with Crippen LogP contribution < -0.4 is 9.46 Å². The molecule has 96 valence electrons. The van der Waals surface area contributed by atoms with E-state index in [2.05, 4.69) is 4.72 Å². The van der Waals surface area contributed by atoms with E-state index in [0.29, 0.717) is 17.9 Å². The maximum Gasteiger partial charge on any atom is 0.120 e. The van der Waals surface area contributed by atoms with Crippen molar-refractivity contribution in [2.24, 2.45) is 0 Å². The number of hydrogen-bond acceptors (Lipinski definition) is 3. The third-order valence-electron chi connectivity index (χ3n) is 2.24. The highest BCUT2D eigenvalue weighted by Gasteiger charge is 2.19. The van der Waals surface area contributed by atoms with Crippen molar-refractivity contribution in [3.05, 3.63) is 23.8 Å². The van der Waals surface area contributed by atoms with E-state index < -0.39 is 11.0 Å². The third-order valence-corrected chi connectivity index (χ3v) is 3.76. The molecule has 1 rings (SSSR count). The highest BCUT2D eigenvalue weighted by molar-refractivity contribution is 7.84. The van der Waals surface area contributed by atoms with Crippen molar-refractivity contribution in [3.63, 3.8) is 0 Å². The first-order valence-electron chi connectivity index (χ1n) is 5.36. The van der Waals surface area contributed by atoms with Crippen LogP contribution >= 0.6 is 0 Å². The molecule has 0 bridgehead atoms. The van der Waals surface area contributed by atoms with Crippen molar-refractivity contribution >= 4 is 11.0 Å². The molecule has 2 N–H and O–H groups in total. The monoisotopic (exact) mass is 257 g/mol. The predicted molar refractivity (Wildman–Crippen MR) is 69.4 cm³/mol. The van der Waals surface area contributed by atoms with E-state index in [1.807, 2.05) is 20.8 Å². The lowest BCUT2D eigenvalue weighted by atomic mass is 10.2. The van der Waals surface area contributed by atoms with Crippen LogP contribution in [0.2, 0.25) is 0 Å². The fourth-order valence-corrected chi connectivity index (χ4v) is 1.91. The van der Waals surface area contributed by atoms with Crippen LogP contribution in [0.15, 0.2) is 18.2 Å². The van der Waals surface area contributed by atoms with Crippen LogP contribution in [-0.2, 0) is 17.5 Å². The molecule has 0 aliphatic heterocycles. The van der Waals surface area contributed by atoms with Crippen molar-refractivity contribution < 1.29 is 14.1 Å². The molecule has 1 aromatic carbocycles. The van der Waals surface area contributed by atoms with Gasteiger partial charge in [-0.2, -0.15) is 0 Å². The summed E-state index contributed by atoms with van der Waals surface area (Å²) in [5.74, 6) is 0.838. The molecule has 0 amide bonds. The second kappa shape index (κ2) is 5.51. The molecule has 1 aromatic rings. The molecular formula is C12H19NO3S. The minimum atomic E-state index is -1.16. The molecule has 0 saturated carbocycles. The van der Waals surface area contributed by atoms with Crippen LogP contribution in [0.5, 0.6) is 11.5 Å². The average molecular weight is 257 g/mol. The van der Waals surface area contributed by atoms with E-state index in [4.69, 9.17) is 4.74 Å². The number of ether oxygens (including phenoxy) is 1. The Balaban J connectivity index is 2.72.